The Morgan fingerprint density at radius 1 is 1.22 bits per heavy atom. The van der Waals surface area contributed by atoms with Crippen molar-refractivity contribution in [2.45, 2.75) is 31.7 Å². The molecular weight excluding hydrogens is 322 g/mol. The molecule has 0 atom stereocenters. The van der Waals surface area contributed by atoms with Gasteiger partial charge < -0.3 is 0 Å². The average molecular weight is 339 g/mol. The van der Waals surface area contributed by atoms with Gasteiger partial charge in [0.1, 0.15) is 16.2 Å². The van der Waals surface area contributed by atoms with E-state index in [-0.39, 0.29) is 0 Å². The van der Waals surface area contributed by atoms with Crippen LogP contribution < -0.4 is 0 Å². The van der Waals surface area contributed by atoms with Crippen LogP contribution in [0.25, 0.3) is 21.3 Å². The zero-order valence-corrected chi connectivity index (χ0v) is 14.8. The largest absolute Gasteiger partial charge is 0.229 e. The van der Waals surface area contributed by atoms with Gasteiger partial charge in [-0.15, -0.1) is 23.1 Å². The molecule has 0 N–H and O–H groups in total. The molecule has 0 saturated heterocycles. The third kappa shape index (κ3) is 3.39. The summed E-state index contributed by atoms with van der Waals surface area (Å²) in [7, 11) is 0. The van der Waals surface area contributed by atoms with Gasteiger partial charge in [-0.1, -0.05) is 18.2 Å². The van der Waals surface area contributed by atoms with Crippen molar-refractivity contribution in [1.82, 2.24) is 9.97 Å². The fourth-order valence-electron chi connectivity index (χ4n) is 2.40. The Morgan fingerprint density at radius 2 is 2.09 bits per heavy atom. The molecule has 0 aliphatic rings. The highest BCUT2D eigenvalue weighted by Gasteiger charge is 2.13. The minimum atomic E-state index is 0.592. The lowest BCUT2D eigenvalue weighted by Crippen LogP contribution is -1.88. The van der Waals surface area contributed by atoms with Crippen molar-refractivity contribution in [1.29, 1.82) is 5.26 Å². The van der Waals surface area contributed by atoms with E-state index in [9.17, 15) is 0 Å². The van der Waals surface area contributed by atoms with Crippen molar-refractivity contribution in [3.63, 3.8) is 0 Å². The van der Waals surface area contributed by atoms with Gasteiger partial charge in [-0.2, -0.15) is 5.26 Å². The van der Waals surface area contributed by atoms with Crippen molar-refractivity contribution < 1.29 is 0 Å². The molecular formula is C18H17N3S2. The Labute approximate surface area is 144 Å². The van der Waals surface area contributed by atoms with Gasteiger partial charge in [0.2, 0.25) is 0 Å². The molecule has 0 fully saturated rings. The topological polar surface area (TPSA) is 49.6 Å². The Kier molecular flexibility index (Phi) is 4.94. The SMILES string of the molecule is Cc1ccc(-c2csc3ncnc(SCCCC#N)c23)cc1C. The fraction of sp³-hybridized carbons (Fsp3) is 0.278. The number of fused-ring (bicyclic) bond motifs is 1. The van der Waals surface area contributed by atoms with Gasteiger partial charge in [-0.3, -0.25) is 0 Å². The van der Waals surface area contributed by atoms with Crippen LogP contribution in [0.15, 0.2) is 34.9 Å². The molecule has 116 valence electrons. The van der Waals surface area contributed by atoms with E-state index in [0.717, 1.165) is 27.4 Å². The molecule has 0 spiro atoms. The second-order valence-electron chi connectivity index (χ2n) is 5.42. The summed E-state index contributed by atoms with van der Waals surface area (Å²) >= 11 is 3.38. The van der Waals surface area contributed by atoms with Crippen molar-refractivity contribution in [2.24, 2.45) is 0 Å². The van der Waals surface area contributed by atoms with Gasteiger partial charge in [0.25, 0.3) is 0 Å². The molecule has 0 aliphatic carbocycles. The number of thiophene rings is 1. The van der Waals surface area contributed by atoms with Crippen LogP contribution in [0, 0.1) is 25.2 Å². The van der Waals surface area contributed by atoms with E-state index in [2.05, 4.69) is 53.5 Å². The Morgan fingerprint density at radius 3 is 2.87 bits per heavy atom. The molecule has 3 nitrogen and oxygen atoms in total. The van der Waals surface area contributed by atoms with Crippen LogP contribution in [0.5, 0.6) is 0 Å². The first-order chi connectivity index (χ1) is 11.2. The third-order valence-electron chi connectivity index (χ3n) is 3.83. The van der Waals surface area contributed by atoms with E-state index < -0.39 is 0 Å². The normalized spacial score (nSPS) is 10.8. The Balaban J connectivity index is 2.01. The van der Waals surface area contributed by atoms with Crippen LogP contribution >= 0.6 is 23.1 Å². The number of hydrogen-bond acceptors (Lipinski definition) is 5. The summed E-state index contributed by atoms with van der Waals surface area (Å²) in [6.07, 6.45) is 3.11. The van der Waals surface area contributed by atoms with E-state index in [1.807, 2.05) is 0 Å². The van der Waals surface area contributed by atoms with Gasteiger partial charge in [0, 0.05) is 23.1 Å². The summed E-state index contributed by atoms with van der Waals surface area (Å²) in [5, 5.41) is 13.0. The van der Waals surface area contributed by atoms with E-state index in [4.69, 9.17) is 5.26 Å². The minimum absolute atomic E-state index is 0.592. The van der Waals surface area contributed by atoms with E-state index in [1.54, 1.807) is 29.4 Å². The maximum Gasteiger partial charge on any atom is 0.128 e. The molecule has 23 heavy (non-hydrogen) atoms. The summed E-state index contributed by atoms with van der Waals surface area (Å²) in [5.74, 6) is 0.905. The lowest BCUT2D eigenvalue weighted by Gasteiger charge is -2.07. The van der Waals surface area contributed by atoms with Crippen LogP contribution in [0.1, 0.15) is 24.0 Å². The summed E-state index contributed by atoms with van der Waals surface area (Å²) in [5.41, 5.74) is 5.02. The van der Waals surface area contributed by atoms with Gasteiger partial charge in [0.15, 0.2) is 0 Å². The van der Waals surface area contributed by atoms with Crippen molar-refractivity contribution in [3.8, 4) is 17.2 Å². The zero-order valence-electron chi connectivity index (χ0n) is 13.2. The molecule has 0 aliphatic heterocycles. The lowest BCUT2D eigenvalue weighted by molar-refractivity contribution is 0.977. The molecule has 1 aromatic carbocycles. The van der Waals surface area contributed by atoms with Crippen molar-refractivity contribution >= 4 is 33.3 Å². The number of aromatic nitrogens is 2. The highest BCUT2D eigenvalue weighted by molar-refractivity contribution is 7.99. The Bertz CT molecular complexity index is 878. The second-order valence-corrected chi connectivity index (χ2v) is 7.36. The van der Waals surface area contributed by atoms with Gasteiger partial charge >= 0.3 is 0 Å². The molecule has 0 unspecified atom stereocenters. The molecule has 2 heterocycles. The molecule has 0 saturated carbocycles. The van der Waals surface area contributed by atoms with Crippen LogP contribution in [0.2, 0.25) is 0 Å². The van der Waals surface area contributed by atoms with Gasteiger partial charge in [-0.25, -0.2) is 9.97 Å². The van der Waals surface area contributed by atoms with E-state index in [0.29, 0.717) is 6.42 Å². The van der Waals surface area contributed by atoms with E-state index in [1.165, 1.54) is 22.3 Å². The number of hydrogen-bond donors (Lipinski definition) is 0. The standard InChI is InChI=1S/C18H17N3S2/c1-12-5-6-14(9-13(12)2)15-10-23-18-16(15)17(20-11-21-18)22-8-4-3-7-19/h5-6,9-11H,3-4,8H2,1-2H3. The first kappa shape index (κ1) is 16.0. The summed E-state index contributed by atoms with van der Waals surface area (Å²) in [6.45, 7) is 4.27. The predicted octanol–water partition coefficient (Wildman–Crippen LogP) is 5.37. The maximum absolute atomic E-state index is 8.66. The quantitative estimate of drug-likeness (QED) is 0.356. The molecule has 0 amide bonds. The molecule has 3 aromatic rings. The number of aryl methyl sites for hydroxylation is 2. The zero-order chi connectivity index (χ0) is 16.2. The van der Waals surface area contributed by atoms with Gasteiger partial charge in [-0.05, 0) is 37.0 Å². The van der Waals surface area contributed by atoms with Crippen LogP contribution in [0.4, 0.5) is 0 Å². The number of unbranched alkanes of at least 4 members (excludes halogenated alkanes) is 1. The first-order valence-electron chi connectivity index (χ1n) is 7.50. The van der Waals surface area contributed by atoms with Crippen LogP contribution in [-0.2, 0) is 0 Å². The molecule has 2 aromatic heterocycles. The monoisotopic (exact) mass is 339 g/mol. The molecule has 0 radical (unpaired) electrons. The highest BCUT2D eigenvalue weighted by Crippen LogP contribution is 2.38. The highest BCUT2D eigenvalue weighted by atomic mass is 32.2. The molecule has 5 heteroatoms. The minimum Gasteiger partial charge on any atom is -0.229 e. The summed E-state index contributed by atoms with van der Waals surface area (Å²) in [6, 6.07) is 8.75. The van der Waals surface area contributed by atoms with Crippen molar-refractivity contribution in [3.05, 3.63) is 41.0 Å². The number of benzene rings is 1. The summed E-state index contributed by atoms with van der Waals surface area (Å²) in [4.78, 5) is 9.92. The number of rotatable bonds is 5. The molecule has 3 rings (SSSR count). The molecule has 0 bridgehead atoms. The van der Waals surface area contributed by atoms with Crippen LogP contribution in [0.3, 0.4) is 0 Å². The van der Waals surface area contributed by atoms with Gasteiger partial charge in [0.05, 0.1) is 11.5 Å². The Hall–Kier alpha value is -1.90. The lowest BCUT2D eigenvalue weighted by atomic mass is 10.0. The average Bonchev–Trinajstić information content (AvgIpc) is 2.99. The first-order valence-corrected chi connectivity index (χ1v) is 9.37. The second kappa shape index (κ2) is 7.12. The van der Waals surface area contributed by atoms with Crippen molar-refractivity contribution in [2.75, 3.05) is 5.75 Å². The number of nitriles is 1. The smallest absolute Gasteiger partial charge is 0.128 e. The fourth-order valence-corrected chi connectivity index (χ4v) is 4.33. The third-order valence-corrected chi connectivity index (χ3v) is 5.79. The predicted molar refractivity (Wildman–Crippen MR) is 97.9 cm³/mol. The maximum atomic E-state index is 8.66. The summed E-state index contributed by atoms with van der Waals surface area (Å²) < 4.78 is 0. The number of nitrogens with zero attached hydrogens (tertiary/aromatic N) is 3. The number of thioether (sulfide) groups is 1. The van der Waals surface area contributed by atoms with E-state index >= 15 is 0 Å². The van der Waals surface area contributed by atoms with Crippen LogP contribution in [-0.4, -0.2) is 15.7 Å².